The Morgan fingerprint density at radius 2 is 2.14 bits per heavy atom. The van der Waals surface area contributed by atoms with E-state index >= 15 is 0 Å². The van der Waals surface area contributed by atoms with E-state index in [9.17, 15) is 0 Å². The maximum Gasteiger partial charge on any atom is 0.0728 e. The molecule has 0 amide bonds. The molecular weight excluding hydrogens is 176 g/mol. The minimum absolute atomic E-state index is 0.418. The fourth-order valence-electron chi connectivity index (χ4n) is 1.99. The van der Waals surface area contributed by atoms with Gasteiger partial charge in [-0.05, 0) is 25.7 Å². The lowest BCUT2D eigenvalue weighted by Gasteiger charge is -2.26. The Labute approximate surface area is 84.5 Å². The molecule has 1 saturated carbocycles. The third-order valence-corrected chi connectivity index (χ3v) is 2.85. The highest BCUT2D eigenvalue weighted by Crippen LogP contribution is 2.20. The number of anilines is 1. The molecule has 0 aliphatic heterocycles. The van der Waals surface area contributed by atoms with Crippen LogP contribution in [0.2, 0.25) is 0 Å². The van der Waals surface area contributed by atoms with E-state index in [1.165, 1.54) is 12.8 Å². The molecule has 0 bridgehead atoms. The molecule has 0 spiro atoms. The van der Waals surface area contributed by atoms with Crippen LogP contribution in [-0.2, 0) is 7.05 Å². The van der Waals surface area contributed by atoms with Gasteiger partial charge in [0.05, 0.1) is 11.9 Å². The molecule has 0 atom stereocenters. The van der Waals surface area contributed by atoms with Gasteiger partial charge >= 0.3 is 0 Å². The molecule has 78 valence electrons. The molecule has 1 aliphatic rings. The second-order valence-corrected chi connectivity index (χ2v) is 4.16. The fourth-order valence-corrected chi connectivity index (χ4v) is 1.99. The first-order valence-electron chi connectivity index (χ1n) is 5.25. The van der Waals surface area contributed by atoms with E-state index < -0.39 is 0 Å². The molecule has 4 nitrogen and oxygen atoms in total. The zero-order valence-corrected chi connectivity index (χ0v) is 8.61. The average molecular weight is 194 g/mol. The second kappa shape index (κ2) is 4.00. The molecule has 0 radical (unpaired) electrons. The molecule has 1 aromatic heterocycles. The van der Waals surface area contributed by atoms with Crippen molar-refractivity contribution in [2.75, 3.05) is 5.32 Å². The predicted molar refractivity (Wildman–Crippen MR) is 57.1 cm³/mol. The molecule has 3 N–H and O–H groups in total. The maximum atomic E-state index is 5.85. The van der Waals surface area contributed by atoms with E-state index in [0.29, 0.717) is 12.1 Å². The van der Waals surface area contributed by atoms with Gasteiger partial charge in [0.1, 0.15) is 0 Å². The molecule has 1 aromatic rings. The van der Waals surface area contributed by atoms with Crippen molar-refractivity contribution in [1.82, 2.24) is 9.78 Å². The van der Waals surface area contributed by atoms with Gasteiger partial charge in [0.15, 0.2) is 0 Å². The minimum Gasteiger partial charge on any atom is -0.380 e. The van der Waals surface area contributed by atoms with Crippen molar-refractivity contribution in [3.8, 4) is 0 Å². The van der Waals surface area contributed by atoms with Crippen LogP contribution in [0.15, 0.2) is 12.4 Å². The molecule has 0 unspecified atom stereocenters. The normalized spacial score (nSPS) is 27.6. The van der Waals surface area contributed by atoms with Gasteiger partial charge in [-0.15, -0.1) is 0 Å². The van der Waals surface area contributed by atoms with Crippen LogP contribution in [-0.4, -0.2) is 21.9 Å². The second-order valence-electron chi connectivity index (χ2n) is 4.16. The van der Waals surface area contributed by atoms with Crippen LogP contribution < -0.4 is 11.1 Å². The fraction of sp³-hybridized carbons (Fsp3) is 0.700. The lowest BCUT2D eigenvalue weighted by Crippen LogP contribution is -2.32. The van der Waals surface area contributed by atoms with Crippen LogP contribution in [0.5, 0.6) is 0 Å². The molecule has 1 aliphatic carbocycles. The summed E-state index contributed by atoms with van der Waals surface area (Å²) in [5.74, 6) is 0. The van der Waals surface area contributed by atoms with Crippen molar-refractivity contribution < 1.29 is 0 Å². The summed E-state index contributed by atoms with van der Waals surface area (Å²) in [6.07, 6.45) is 8.51. The van der Waals surface area contributed by atoms with Gasteiger partial charge in [-0.1, -0.05) is 0 Å². The summed E-state index contributed by atoms with van der Waals surface area (Å²) in [7, 11) is 1.93. The monoisotopic (exact) mass is 194 g/mol. The summed E-state index contributed by atoms with van der Waals surface area (Å²) >= 11 is 0. The number of nitrogens with zero attached hydrogens (tertiary/aromatic N) is 2. The van der Waals surface area contributed by atoms with Crippen LogP contribution in [0.25, 0.3) is 0 Å². The SMILES string of the molecule is Cn1cc(NC2CCC(N)CC2)cn1. The summed E-state index contributed by atoms with van der Waals surface area (Å²) in [5, 5.41) is 7.61. The number of rotatable bonds is 2. The Morgan fingerprint density at radius 3 is 2.71 bits per heavy atom. The molecule has 14 heavy (non-hydrogen) atoms. The molecular formula is C10H18N4. The van der Waals surface area contributed by atoms with Crippen LogP contribution in [0.4, 0.5) is 5.69 Å². The van der Waals surface area contributed by atoms with Crippen molar-refractivity contribution in [2.24, 2.45) is 12.8 Å². The van der Waals surface area contributed by atoms with Gasteiger partial charge in [0.2, 0.25) is 0 Å². The van der Waals surface area contributed by atoms with E-state index in [2.05, 4.69) is 10.4 Å². The summed E-state index contributed by atoms with van der Waals surface area (Å²) < 4.78 is 1.82. The van der Waals surface area contributed by atoms with Crippen molar-refractivity contribution in [2.45, 2.75) is 37.8 Å². The van der Waals surface area contributed by atoms with E-state index in [1.54, 1.807) is 0 Å². The Balaban J connectivity index is 1.86. The first-order chi connectivity index (χ1) is 6.74. The average Bonchev–Trinajstić information content (AvgIpc) is 2.56. The van der Waals surface area contributed by atoms with Gasteiger partial charge < -0.3 is 11.1 Å². The van der Waals surface area contributed by atoms with Crippen LogP contribution in [0.3, 0.4) is 0 Å². The Bertz CT molecular complexity index is 286. The van der Waals surface area contributed by atoms with Gasteiger partial charge in [-0.25, -0.2) is 0 Å². The first kappa shape index (κ1) is 9.52. The van der Waals surface area contributed by atoms with Crippen LogP contribution >= 0.6 is 0 Å². The van der Waals surface area contributed by atoms with Crippen molar-refractivity contribution >= 4 is 5.69 Å². The Kier molecular flexibility index (Phi) is 2.72. The number of aryl methyl sites for hydroxylation is 1. The summed E-state index contributed by atoms with van der Waals surface area (Å²) in [5.41, 5.74) is 6.97. The number of hydrogen-bond acceptors (Lipinski definition) is 3. The van der Waals surface area contributed by atoms with Crippen LogP contribution in [0.1, 0.15) is 25.7 Å². The number of nitrogens with one attached hydrogen (secondary N) is 1. The molecule has 2 rings (SSSR count). The largest absolute Gasteiger partial charge is 0.380 e. The predicted octanol–water partition coefficient (Wildman–Crippen LogP) is 1.10. The zero-order valence-electron chi connectivity index (χ0n) is 8.61. The van der Waals surface area contributed by atoms with Gasteiger partial charge in [-0.3, -0.25) is 4.68 Å². The maximum absolute atomic E-state index is 5.85. The molecule has 0 saturated heterocycles. The van der Waals surface area contributed by atoms with E-state index in [4.69, 9.17) is 5.73 Å². The van der Waals surface area contributed by atoms with Crippen molar-refractivity contribution in [3.05, 3.63) is 12.4 Å². The van der Waals surface area contributed by atoms with E-state index in [0.717, 1.165) is 18.5 Å². The number of aromatic nitrogens is 2. The van der Waals surface area contributed by atoms with Gasteiger partial charge in [0, 0.05) is 25.3 Å². The first-order valence-corrected chi connectivity index (χ1v) is 5.25. The number of hydrogen-bond donors (Lipinski definition) is 2. The topological polar surface area (TPSA) is 55.9 Å². The third-order valence-electron chi connectivity index (χ3n) is 2.85. The van der Waals surface area contributed by atoms with Crippen LogP contribution in [0, 0.1) is 0 Å². The molecule has 0 aromatic carbocycles. The quantitative estimate of drug-likeness (QED) is 0.741. The van der Waals surface area contributed by atoms with Gasteiger partial charge in [0.25, 0.3) is 0 Å². The molecule has 1 heterocycles. The lowest BCUT2D eigenvalue weighted by molar-refractivity contribution is 0.411. The molecule has 4 heteroatoms. The van der Waals surface area contributed by atoms with Crippen molar-refractivity contribution in [3.63, 3.8) is 0 Å². The van der Waals surface area contributed by atoms with E-state index in [1.807, 2.05) is 24.1 Å². The smallest absolute Gasteiger partial charge is 0.0728 e. The lowest BCUT2D eigenvalue weighted by atomic mass is 9.92. The summed E-state index contributed by atoms with van der Waals surface area (Å²) in [4.78, 5) is 0. The Hall–Kier alpha value is -1.03. The molecule has 1 fully saturated rings. The third kappa shape index (κ3) is 2.26. The summed E-state index contributed by atoms with van der Waals surface area (Å²) in [6.45, 7) is 0. The highest BCUT2D eigenvalue weighted by atomic mass is 15.3. The highest BCUT2D eigenvalue weighted by Gasteiger charge is 2.18. The number of nitrogens with two attached hydrogens (primary N) is 1. The minimum atomic E-state index is 0.418. The summed E-state index contributed by atoms with van der Waals surface area (Å²) in [6, 6.07) is 1.00. The highest BCUT2D eigenvalue weighted by molar-refractivity contribution is 5.39. The van der Waals surface area contributed by atoms with Gasteiger partial charge in [-0.2, -0.15) is 5.10 Å². The Morgan fingerprint density at radius 1 is 1.43 bits per heavy atom. The zero-order chi connectivity index (χ0) is 9.97. The standard InChI is InChI=1S/C10H18N4/c1-14-7-10(6-12-14)13-9-4-2-8(11)3-5-9/h6-9,13H,2-5,11H2,1H3. The van der Waals surface area contributed by atoms with E-state index in [-0.39, 0.29) is 0 Å². The van der Waals surface area contributed by atoms with Crippen molar-refractivity contribution in [1.29, 1.82) is 0 Å².